The molecule has 0 aromatic carbocycles. The summed E-state index contributed by atoms with van der Waals surface area (Å²) in [5.41, 5.74) is -0.873. The van der Waals surface area contributed by atoms with E-state index in [1.165, 1.54) is 13.5 Å². The average molecular weight is 519 g/mol. The average Bonchev–Trinajstić information content (AvgIpc) is 3.44. The molecular weight excluding hydrogens is 471 g/mol. The fourth-order valence-corrected chi connectivity index (χ4v) is 8.71. The van der Waals surface area contributed by atoms with E-state index < -0.39 is 17.7 Å². The van der Waals surface area contributed by atoms with Crippen LogP contribution in [0.25, 0.3) is 0 Å². The molecule has 0 radical (unpaired) electrons. The third-order valence-corrected chi connectivity index (χ3v) is 10.7. The SMILES string of the molecule is CCN1CC[C@@]2(CCCB3O[C@@H]4C[C@@H]5C[C@@H](C5(C)C)[C@]4(C)O3)[C@@H]1CN(C(=O)OC(C)(C)C)[C@@H]2C(=O)OC. The number of carbonyl (C=O) groups excluding carboxylic acids is 2. The van der Waals surface area contributed by atoms with Crippen molar-refractivity contribution in [3.8, 4) is 0 Å². The Balaban J connectivity index is 1.31. The van der Waals surface area contributed by atoms with E-state index in [4.69, 9.17) is 18.8 Å². The molecule has 6 rings (SSSR count). The molecule has 0 N–H and O–H groups in total. The highest BCUT2D eigenvalue weighted by Crippen LogP contribution is 2.66. The van der Waals surface area contributed by atoms with Crippen LogP contribution in [0, 0.1) is 22.7 Å². The van der Waals surface area contributed by atoms with E-state index in [0.29, 0.717) is 17.9 Å². The molecule has 2 bridgehead atoms. The Morgan fingerprint density at radius 1 is 1.16 bits per heavy atom. The maximum atomic E-state index is 13.2. The van der Waals surface area contributed by atoms with Crippen LogP contribution in [0.15, 0.2) is 0 Å². The summed E-state index contributed by atoms with van der Waals surface area (Å²) in [4.78, 5) is 30.5. The van der Waals surface area contributed by atoms with Crippen molar-refractivity contribution < 1.29 is 28.4 Å². The first-order valence-corrected chi connectivity index (χ1v) is 14.4. The van der Waals surface area contributed by atoms with E-state index in [1.54, 1.807) is 4.90 Å². The van der Waals surface area contributed by atoms with Gasteiger partial charge in [-0.2, -0.15) is 0 Å². The molecule has 3 aliphatic heterocycles. The van der Waals surface area contributed by atoms with E-state index in [9.17, 15) is 9.59 Å². The Bertz CT molecular complexity index is 923. The van der Waals surface area contributed by atoms with Gasteiger partial charge in [0.1, 0.15) is 11.6 Å². The monoisotopic (exact) mass is 518 g/mol. The summed E-state index contributed by atoms with van der Waals surface area (Å²) < 4.78 is 24.1. The van der Waals surface area contributed by atoms with Gasteiger partial charge < -0.3 is 18.8 Å². The molecule has 3 aliphatic carbocycles. The van der Waals surface area contributed by atoms with Crippen LogP contribution in [0.2, 0.25) is 6.32 Å². The summed E-state index contributed by atoms with van der Waals surface area (Å²) >= 11 is 0. The molecule has 208 valence electrons. The summed E-state index contributed by atoms with van der Waals surface area (Å²) in [6.45, 7) is 17.0. The van der Waals surface area contributed by atoms with Gasteiger partial charge in [0.05, 0.1) is 18.8 Å². The molecule has 0 spiro atoms. The number of ether oxygens (including phenoxy) is 2. The highest BCUT2D eigenvalue weighted by Gasteiger charge is 2.68. The quantitative estimate of drug-likeness (QED) is 0.382. The van der Waals surface area contributed by atoms with Crippen LogP contribution in [0.1, 0.15) is 80.6 Å². The van der Waals surface area contributed by atoms with Crippen LogP contribution < -0.4 is 0 Å². The molecule has 6 aliphatic rings. The lowest BCUT2D eigenvalue weighted by molar-refractivity contribution is -0.199. The van der Waals surface area contributed by atoms with Gasteiger partial charge in [-0.15, -0.1) is 0 Å². The molecule has 3 saturated heterocycles. The van der Waals surface area contributed by atoms with E-state index in [-0.39, 0.29) is 36.2 Å². The molecule has 8 nitrogen and oxygen atoms in total. The largest absolute Gasteiger partial charge is 0.467 e. The molecule has 3 saturated carbocycles. The molecule has 37 heavy (non-hydrogen) atoms. The normalized spacial score (nSPS) is 40.3. The lowest BCUT2D eigenvalue weighted by Gasteiger charge is -2.64. The van der Waals surface area contributed by atoms with Gasteiger partial charge in [0.25, 0.3) is 0 Å². The predicted molar refractivity (Wildman–Crippen MR) is 141 cm³/mol. The van der Waals surface area contributed by atoms with Crippen LogP contribution in [0.5, 0.6) is 0 Å². The van der Waals surface area contributed by atoms with Crippen molar-refractivity contribution in [1.29, 1.82) is 0 Å². The zero-order valence-corrected chi connectivity index (χ0v) is 24.2. The Morgan fingerprint density at radius 3 is 2.51 bits per heavy atom. The smallest absolute Gasteiger partial charge is 0.457 e. The number of nitrogens with zero attached hydrogens (tertiary/aromatic N) is 2. The van der Waals surface area contributed by atoms with Crippen LogP contribution in [0.3, 0.4) is 0 Å². The molecule has 6 fully saturated rings. The molecule has 3 heterocycles. The van der Waals surface area contributed by atoms with Gasteiger partial charge in [-0.3, -0.25) is 9.80 Å². The number of carbonyl (C=O) groups is 2. The van der Waals surface area contributed by atoms with Gasteiger partial charge in [-0.1, -0.05) is 27.2 Å². The summed E-state index contributed by atoms with van der Waals surface area (Å²) in [5.74, 6) is 0.931. The molecule has 9 heteroatoms. The molecule has 1 amide bonds. The maximum absolute atomic E-state index is 13.2. The van der Waals surface area contributed by atoms with Gasteiger partial charge in [0.2, 0.25) is 0 Å². The topological polar surface area (TPSA) is 77.5 Å². The first-order valence-electron chi connectivity index (χ1n) is 14.4. The highest BCUT2D eigenvalue weighted by atomic mass is 16.7. The Kier molecular flexibility index (Phi) is 6.72. The number of hydrogen-bond donors (Lipinski definition) is 0. The van der Waals surface area contributed by atoms with Crippen molar-refractivity contribution in [1.82, 2.24) is 9.80 Å². The Hall–Kier alpha value is -1.32. The van der Waals surface area contributed by atoms with Crippen molar-refractivity contribution in [3.05, 3.63) is 0 Å². The minimum atomic E-state index is -0.646. The van der Waals surface area contributed by atoms with Crippen LogP contribution >= 0.6 is 0 Å². The lowest BCUT2D eigenvalue weighted by atomic mass is 9.43. The number of esters is 1. The van der Waals surface area contributed by atoms with E-state index in [1.807, 2.05) is 20.8 Å². The third kappa shape index (κ3) is 4.22. The summed E-state index contributed by atoms with van der Waals surface area (Å²) in [6.07, 6.45) is 5.41. The number of amides is 1. The lowest BCUT2D eigenvalue weighted by Crippen LogP contribution is -2.65. The Morgan fingerprint density at radius 2 is 1.89 bits per heavy atom. The summed E-state index contributed by atoms with van der Waals surface area (Å²) in [7, 11) is 1.21. The fourth-order valence-electron chi connectivity index (χ4n) is 8.71. The first-order chi connectivity index (χ1) is 17.3. The van der Waals surface area contributed by atoms with E-state index >= 15 is 0 Å². The first kappa shape index (κ1) is 27.3. The van der Waals surface area contributed by atoms with Gasteiger partial charge in [0, 0.05) is 18.0 Å². The zero-order valence-electron chi connectivity index (χ0n) is 24.2. The van der Waals surface area contributed by atoms with Crippen molar-refractivity contribution in [2.24, 2.45) is 22.7 Å². The number of methoxy groups -OCH3 is 1. The van der Waals surface area contributed by atoms with E-state index in [2.05, 4.69) is 32.6 Å². The van der Waals surface area contributed by atoms with Crippen LogP contribution in [-0.4, -0.2) is 85.1 Å². The number of likely N-dealkylation sites (tertiary alicyclic amines) is 2. The number of likely N-dealkylation sites (N-methyl/N-ethyl adjacent to an activating group) is 1. The highest BCUT2D eigenvalue weighted by molar-refractivity contribution is 6.45. The van der Waals surface area contributed by atoms with Crippen molar-refractivity contribution in [3.63, 3.8) is 0 Å². The standard InChI is InChI=1S/C28H47BN2O6/c1-9-30-14-12-28(20(30)17-31(22(28)23(32)34-8)24(33)35-25(2,3)4)11-10-13-29-36-21-16-18-15-19(26(18,5)6)27(21,7)37-29/h18-22H,9-17H2,1-8H3/t18-,19-,20-,21+,22+,27-,28-/m0/s1. The summed E-state index contributed by atoms with van der Waals surface area (Å²) in [6, 6.07) is -0.542. The van der Waals surface area contributed by atoms with Gasteiger partial charge in [-0.05, 0) is 90.0 Å². The van der Waals surface area contributed by atoms with Crippen molar-refractivity contribution in [2.75, 3.05) is 26.7 Å². The number of rotatable bonds is 6. The number of fused-ring (bicyclic) bond motifs is 1. The third-order valence-electron chi connectivity index (χ3n) is 10.7. The van der Waals surface area contributed by atoms with E-state index in [0.717, 1.165) is 51.0 Å². The fraction of sp³-hybridized carbons (Fsp3) is 0.929. The second-order valence-electron chi connectivity index (χ2n) is 14.0. The van der Waals surface area contributed by atoms with Gasteiger partial charge in [0.15, 0.2) is 0 Å². The predicted octanol–water partition coefficient (Wildman–Crippen LogP) is 4.37. The van der Waals surface area contributed by atoms with Crippen LogP contribution in [0.4, 0.5) is 4.79 Å². The second kappa shape index (κ2) is 9.12. The second-order valence-corrected chi connectivity index (χ2v) is 14.0. The molecular formula is C28H47BN2O6. The zero-order chi connectivity index (χ0) is 27.0. The molecule has 0 aromatic rings. The maximum Gasteiger partial charge on any atom is 0.457 e. The van der Waals surface area contributed by atoms with Crippen molar-refractivity contribution in [2.45, 2.75) is 116 Å². The Labute approximate surface area is 223 Å². The summed E-state index contributed by atoms with van der Waals surface area (Å²) in [5, 5.41) is 0. The number of hydrogen-bond acceptors (Lipinski definition) is 7. The molecule has 0 aromatic heterocycles. The van der Waals surface area contributed by atoms with Gasteiger partial charge >= 0.3 is 19.2 Å². The minimum Gasteiger partial charge on any atom is -0.467 e. The molecule has 0 unspecified atom stereocenters. The minimum absolute atomic E-state index is 0.104. The van der Waals surface area contributed by atoms with Crippen LogP contribution in [-0.2, 0) is 23.6 Å². The van der Waals surface area contributed by atoms with Crippen molar-refractivity contribution >= 4 is 19.2 Å². The van der Waals surface area contributed by atoms with Gasteiger partial charge in [-0.25, -0.2) is 9.59 Å². The molecule has 7 atom stereocenters.